The van der Waals surface area contributed by atoms with Gasteiger partial charge >= 0.3 is 0 Å². The van der Waals surface area contributed by atoms with E-state index < -0.39 is 0 Å². The number of amides is 1. The third kappa shape index (κ3) is 3.84. The molecule has 1 aromatic rings. The van der Waals surface area contributed by atoms with Crippen LogP contribution >= 0.6 is 0 Å². The van der Waals surface area contributed by atoms with Gasteiger partial charge in [-0.2, -0.15) is 0 Å². The Hall–Kier alpha value is -1.38. The van der Waals surface area contributed by atoms with Crippen LogP contribution in [0.4, 0.5) is 5.69 Å². The fourth-order valence-corrected chi connectivity index (χ4v) is 2.41. The molecule has 17 heavy (non-hydrogen) atoms. The Balaban J connectivity index is 1.82. The lowest BCUT2D eigenvalue weighted by molar-refractivity contribution is -0.117. The fraction of sp³-hybridized carbons (Fsp3) is 0.571. The summed E-state index contributed by atoms with van der Waals surface area (Å²) < 4.78 is 0. The molecule has 0 saturated heterocycles. The summed E-state index contributed by atoms with van der Waals surface area (Å²) in [5.74, 6) is 0.713. The zero-order chi connectivity index (χ0) is 12.1. The van der Waals surface area contributed by atoms with E-state index in [4.69, 9.17) is 0 Å². The van der Waals surface area contributed by atoms with Crippen LogP contribution in [0.1, 0.15) is 44.2 Å². The number of nitrogens with zero attached hydrogens (tertiary/aromatic N) is 1. The number of anilines is 1. The van der Waals surface area contributed by atoms with Gasteiger partial charge < -0.3 is 5.32 Å². The summed E-state index contributed by atoms with van der Waals surface area (Å²) in [5, 5.41) is 2.91. The van der Waals surface area contributed by atoms with E-state index >= 15 is 0 Å². The maximum absolute atomic E-state index is 11.8. The molecule has 0 aliphatic heterocycles. The van der Waals surface area contributed by atoms with Gasteiger partial charge in [0, 0.05) is 12.1 Å². The van der Waals surface area contributed by atoms with Crippen molar-refractivity contribution in [2.24, 2.45) is 5.92 Å². The van der Waals surface area contributed by atoms with Crippen LogP contribution in [-0.4, -0.2) is 10.9 Å². The molecule has 1 aliphatic carbocycles. The van der Waals surface area contributed by atoms with Gasteiger partial charge in [-0.1, -0.05) is 19.3 Å². The van der Waals surface area contributed by atoms with Gasteiger partial charge in [-0.3, -0.25) is 9.78 Å². The molecule has 1 aliphatic rings. The maximum atomic E-state index is 11.8. The Morgan fingerprint density at radius 2 is 2.12 bits per heavy atom. The normalized spacial score (nSPS) is 16.8. The Morgan fingerprint density at radius 1 is 1.35 bits per heavy atom. The lowest BCUT2D eigenvalue weighted by atomic mass is 9.87. The molecule has 0 atom stereocenters. The number of pyridine rings is 1. The number of hydrogen-bond acceptors (Lipinski definition) is 2. The molecule has 0 radical (unpaired) electrons. The van der Waals surface area contributed by atoms with Crippen LogP contribution in [-0.2, 0) is 4.79 Å². The summed E-state index contributed by atoms with van der Waals surface area (Å²) in [6.07, 6.45) is 8.69. The van der Waals surface area contributed by atoms with Crippen molar-refractivity contribution in [1.29, 1.82) is 0 Å². The summed E-state index contributed by atoms with van der Waals surface area (Å²) in [6.45, 7) is 1.94. The van der Waals surface area contributed by atoms with Gasteiger partial charge in [-0.05, 0) is 37.8 Å². The summed E-state index contributed by atoms with van der Waals surface area (Å²) >= 11 is 0. The fourth-order valence-electron chi connectivity index (χ4n) is 2.41. The highest BCUT2D eigenvalue weighted by molar-refractivity contribution is 5.90. The summed E-state index contributed by atoms with van der Waals surface area (Å²) in [4.78, 5) is 16.0. The van der Waals surface area contributed by atoms with Crippen molar-refractivity contribution in [2.75, 3.05) is 5.32 Å². The molecule has 1 heterocycles. The first kappa shape index (κ1) is 12.1. The molecule has 1 N–H and O–H groups in total. The van der Waals surface area contributed by atoms with Crippen LogP contribution < -0.4 is 5.32 Å². The first-order valence-corrected chi connectivity index (χ1v) is 6.46. The molecule has 0 aromatic carbocycles. The zero-order valence-corrected chi connectivity index (χ0v) is 10.4. The first-order chi connectivity index (χ1) is 8.24. The van der Waals surface area contributed by atoms with Gasteiger partial charge in [0.15, 0.2) is 0 Å². The van der Waals surface area contributed by atoms with Crippen molar-refractivity contribution in [3.05, 3.63) is 24.0 Å². The second-order valence-corrected chi connectivity index (χ2v) is 4.94. The minimum atomic E-state index is 0.127. The Labute approximate surface area is 103 Å². The van der Waals surface area contributed by atoms with Gasteiger partial charge in [-0.25, -0.2) is 0 Å². The number of nitrogens with one attached hydrogen (secondary N) is 1. The van der Waals surface area contributed by atoms with Gasteiger partial charge in [0.25, 0.3) is 0 Å². The Bertz CT molecular complexity index is 366. The molecule has 3 nitrogen and oxygen atoms in total. The molecule has 1 aromatic heterocycles. The molecule has 0 spiro atoms. The lowest BCUT2D eigenvalue weighted by Crippen LogP contribution is -2.18. The number of carbonyl (C=O) groups excluding carboxylic acids is 1. The Kier molecular flexibility index (Phi) is 4.13. The Morgan fingerprint density at radius 3 is 2.76 bits per heavy atom. The number of aromatic nitrogens is 1. The molecule has 0 unspecified atom stereocenters. The molecule has 92 valence electrons. The van der Waals surface area contributed by atoms with Crippen molar-refractivity contribution in [3.8, 4) is 0 Å². The van der Waals surface area contributed by atoms with E-state index in [0.29, 0.717) is 12.3 Å². The predicted molar refractivity (Wildman–Crippen MR) is 68.8 cm³/mol. The average Bonchev–Trinajstić information content (AvgIpc) is 2.33. The summed E-state index contributed by atoms with van der Waals surface area (Å²) in [6, 6.07) is 3.82. The number of hydrogen-bond donors (Lipinski definition) is 1. The van der Waals surface area contributed by atoms with Crippen molar-refractivity contribution < 1.29 is 4.79 Å². The third-order valence-corrected chi connectivity index (χ3v) is 3.39. The van der Waals surface area contributed by atoms with Crippen LogP contribution in [0.3, 0.4) is 0 Å². The highest BCUT2D eigenvalue weighted by Crippen LogP contribution is 2.26. The maximum Gasteiger partial charge on any atom is 0.224 e. The van der Waals surface area contributed by atoms with Gasteiger partial charge in [0.2, 0.25) is 5.91 Å². The highest BCUT2D eigenvalue weighted by Gasteiger charge is 2.16. The molecule has 1 amide bonds. The zero-order valence-electron chi connectivity index (χ0n) is 10.4. The largest absolute Gasteiger partial charge is 0.325 e. The number of carbonyl (C=O) groups is 1. The SMILES string of the molecule is Cc1ccc(NC(=O)CC2CCCCC2)cn1. The molecular weight excluding hydrogens is 212 g/mol. The highest BCUT2D eigenvalue weighted by atomic mass is 16.1. The van der Waals surface area contributed by atoms with Crippen molar-refractivity contribution in [1.82, 2.24) is 4.98 Å². The lowest BCUT2D eigenvalue weighted by Gasteiger charge is -2.20. The minimum absolute atomic E-state index is 0.127. The predicted octanol–water partition coefficient (Wildman–Crippen LogP) is 3.30. The van der Waals surface area contributed by atoms with Crippen molar-refractivity contribution in [3.63, 3.8) is 0 Å². The van der Waals surface area contributed by atoms with E-state index in [0.717, 1.165) is 11.4 Å². The quantitative estimate of drug-likeness (QED) is 0.868. The van der Waals surface area contributed by atoms with Gasteiger partial charge in [0.05, 0.1) is 11.9 Å². The van der Waals surface area contributed by atoms with Crippen LogP contribution in [0, 0.1) is 12.8 Å². The molecule has 0 bridgehead atoms. The van der Waals surface area contributed by atoms with Crippen molar-refractivity contribution in [2.45, 2.75) is 45.4 Å². The molecular formula is C14H20N2O. The summed E-state index contributed by atoms with van der Waals surface area (Å²) in [5.41, 5.74) is 1.77. The minimum Gasteiger partial charge on any atom is -0.325 e. The number of aryl methyl sites for hydroxylation is 1. The first-order valence-electron chi connectivity index (χ1n) is 6.46. The molecule has 2 rings (SSSR count). The van der Waals surface area contributed by atoms with E-state index in [1.54, 1.807) is 6.20 Å². The standard InChI is InChI=1S/C14H20N2O/c1-11-7-8-13(10-15-11)16-14(17)9-12-5-3-2-4-6-12/h7-8,10,12H,2-6,9H2,1H3,(H,16,17). The van der Waals surface area contributed by atoms with Crippen LogP contribution in [0.15, 0.2) is 18.3 Å². The van der Waals surface area contributed by atoms with E-state index in [1.165, 1.54) is 32.1 Å². The van der Waals surface area contributed by atoms with E-state index in [-0.39, 0.29) is 5.91 Å². The van der Waals surface area contributed by atoms with Gasteiger partial charge in [-0.15, -0.1) is 0 Å². The third-order valence-electron chi connectivity index (χ3n) is 3.39. The second kappa shape index (κ2) is 5.80. The molecule has 3 heteroatoms. The van der Waals surface area contributed by atoms with E-state index in [2.05, 4.69) is 10.3 Å². The topological polar surface area (TPSA) is 42.0 Å². The average molecular weight is 232 g/mol. The smallest absolute Gasteiger partial charge is 0.224 e. The molecule has 1 saturated carbocycles. The van der Waals surface area contributed by atoms with Crippen LogP contribution in [0.25, 0.3) is 0 Å². The monoisotopic (exact) mass is 232 g/mol. The van der Waals surface area contributed by atoms with E-state index in [9.17, 15) is 4.79 Å². The van der Waals surface area contributed by atoms with E-state index in [1.807, 2.05) is 19.1 Å². The second-order valence-electron chi connectivity index (χ2n) is 4.94. The van der Waals surface area contributed by atoms with Crippen molar-refractivity contribution >= 4 is 11.6 Å². The van der Waals surface area contributed by atoms with Gasteiger partial charge in [0.1, 0.15) is 0 Å². The van der Waals surface area contributed by atoms with Crippen LogP contribution in [0.5, 0.6) is 0 Å². The molecule has 1 fully saturated rings. The van der Waals surface area contributed by atoms with Crippen LogP contribution in [0.2, 0.25) is 0 Å². The number of rotatable bonds is 3. The summed E-state index contributed by atoms with van der Waals surface area (Å²) in [7, 11) is 0.